The Kier molecular flexibility index (Phi) is 3.93. The van der Waals surface area contributed by atoms with E-state index in [1.54, 1.807) is 7.11 Å². The van der Waals surface area contributed by atoms with E-state index in [0.717, 1.165) is 24.4 Å². The number of aryl methyl sites for hydroxylation is 1. The fraction of sp³-hybridized carbons (Fsp3) is 0.294. The van der Waals surface area contributed by atoms with Crippen molar-refractivity contribution in [2.75, 3.05) is 19.0 Å². The van der Waals surface area contributed by atoms with Crippen molar-refractivity contribution in [3.63, 3.8) is 0 Å². The molecule has 0 aliphatic carbocycles. The molecule has 2 aromatic carbocycles. The third-order valence-corrected chi connectivity index (χ3v) is 3.95. The van der Waals surface area contributed by atoms with E-state index in [1.807, 2.05) is 18.2 Å². The minimum Gasteiger partial charge on any atom is -0.495 e. The lowest BCUT2D eigenvalue weighted by Crippen LogP contribution is -2.23. The van der Waals surface area contributed by atoms with Gasteiger partial charge in [0.05, 0.1) is 18.7 Å². The van der Waals surface area contributed by atoms with Gasteiger partial charge in [0, 0.05) is 18.2 Å². The van der Waals surface area contributed by atoms with E-state index in [1.165, 1.54) is 11.1 Å². The van der Waals surface area contributed by atoms with E-state index >= 15 is 0 Å². The topological polar surface area (TPSA) is 30.5 Å². The van der Waals surface area contributed by atoms with Gasteiger partial charge in [-0.25, -0.2) is 0 Å². The molecular formula is C17H18ClNO2. The molecule has 2 aromatic rings. The third-order valence-electron chi connectivity index (χ3n) is 3.64. The van der Waals surface area contributed by atoms with Crippen molar-refractivity contribution in [3.8, 4) is 11.5 Å². The summed E-state index contributed by atoms with van der Waals surface area (Å²) in [5, 5.41) is 3.99. The van der Waals surface area contributed by atoms with E-state index in [2.05, 4.69) is 30.4 Å². The van der Waals surface area contributed by atoms with Crippen LogP contribution in [0.3, 0.4) is 0 Å². The number of benzene rings is 2. The van der Waals surface area contributed by atoms with E-state index < -0.39 is 0 Å². The SMILES string of the molecule is COc1cc(NCC2Cc3cc(C)ccc3O2)ccc1Cl. The number of hydrogen-bond donors (Lipinski definition) is 1. The third kappa shape index (κ3) is 3.08. The zero-order valence-corrected chi connectivity index (χ0v) is 12.9. The molecule has 3 rings (SSSR count). The maximum atomic E-state index is 6.02. The Labute approximate surface area is 129 Å². The monoisotopic (exact) mass is 303 g/mol. The van der Waals surface area contributed by atoms with Crippen LogP contribution in [0.1, 0.15) is 11.1 Å². The number of anilines is 1. The van der Waals surface area contributed by atoms with Gasteiger partial charge < -0.3 is 14.8 Å². The van der Waals surface area contributed by atoms with Gasteiger partial charge in [-0.1, -0.05) is 29.3 Å². The molecule has 110 valence electrons. The highest BCUT2D eigenvalue weighted by Gasteiger charge is 2.22. The fourth-order valence-electron chi connectivity index (χ4n) is 2.56. The molecule has 0 saturated carbocycles. The lowest BCUT2D eigenvalue weighted by atomic mass is 10.1. The molecular weight excluding hydrogens is 286 g/mol. The second-order valence-corrected chi connectivity index (χ2v) is 5.69. The molecule has 1 heterocycles. The second-order valence-electron chi connectivity index (χ2n) is 5.29. The van der Waals surface area contributed by atoms with E-state index in [9.17, 15) is 0 Å². The Morgan fingerprint density at radius 3 is 2.95 bits per heavy atom. The second kappa shape index (κ2) is 5.86. The zero-order chi connectivity index (χ0) is 14.8. The van der Waals surface area contributed by atoms with Gasteiger partial charge in [0.15, 0.2) is 0 Å². The van der Waals surface area contributed by atoms with Crippen molar-refractivity contribution < 1.29 is 9.47 Å². The molecule has 21 heavy (non-hydrogen) atoms. The predicted octanol–water partition coefficient (Wildman–Crippen LogP) is 4.07. The Balaban J connectivity index is 1.62. The summed E-state index contributed by atoms with van der Waals surface area (Å²) in [4.78, 5) is 0. The van der Waals surface area contributed by atoms with Gasteiger partial charge in [-0.05, 0) is 30.7 Å². The van der Waals surface area contributed by atoms with Crippen LogP contribution in [0.5, 0.6) is 11.5 Å². The molecule has 0 saturated heterocycles. The van der Waals surface area contributed by atoms with Crippen LogP contribution in [-0.2, 0) is 6.42 Å². The zero-order valence-electron chi connectivity index (χ0n) is 12.2. The maximum Gasteiger partial charge on any atom is 0.139 e. The number of rotatable bonds is 4. The smallest absolute Gasteiger partial charge is 0.139 e. The average Bonchev–Trinajstić information content (AvgIpc) is 2.88. The van der Waals surface area contributed by atoms with Crippen molar-refractivity contribution in [2.45, 2.75) is 19.4 Å². The molecule has 0 fully saturated rings. The summed E-state index contributed by atoms with van der Waals surface area (Å²) >= 11 is 6.02. The van der Waals surface area contributed by atoms with Crippen LogP contribution in [0.2, 0.25) is 5.02 Å². The standard InChI is InChI=1S/C17H18ClNO2/c1-11-3-6-16-12(7-11)8-14(21-16)10-19-13-4-5-15(18)17(9-13)20-2/h3-7,9,14,19H,8,10H2,1-2H3. The van der Waals surface area contributed by atoms with Crippen LogP contribution < -0.4 is 14.8 Å². The summed E-state index contributed by atoms with van der Waals surface area (Å²) in [7, 11) is 1.62. The first-order chi connectivity index (χ1) is 10.2. The number of methoxy groups -OCH3 is 1. The number of halogens is 1. The number of nitrogens with one attached hydrogen (secondary N) is 1. The Hall–Kier alpha value is -1.87. The van der Waals surface area contributed by atoms with E-state index in [4.69, 9.17) is 21.1 Å². The van der Waals surface area contributed by atoms with Gasteiger partial charge in [-0.2, -0.15) is 0 Å². The van der Waals surface area contributed by atoms with Crippen LogP contribution in [0.15, 0.2) is 36.4 Å². The molecule has 1 unspecified atom stereocenters. The summed E-state index contributed by atoms with van der Waals surface area (Å²) in [5.41, 5.74) is 3.54. The van der Waals surface area contributed by atoms with Gasteiger partial charge in [-0.3, -0.25) is 0 Å². The lowest BCUT2D eigenvalue weighted by Gasteiger charge is -2.14. The van der Waals surface area contributed by atoms with Crippen molar-refractivity contribution in [1.82, 2.24) is 0 Å². The Morgan fingerprint density at radius 1 is 1.29 bits per heavy atom. The van der Waals surface area contributed by atoms with E-state index in [-0.39, 0.29) is 6.10 Å². The molecule has 0 aromatic heterocycles. The fourth-order valence-corrected chi connectivity index (χ4v) is 2.76. The van der Waals surface area contributed by atoms with Crippen LogP contribution in [0, 0.1) is 6.92 Å². The van der Waals surface area contributed by atoms with Crippen LogP contribution in [0.25, 0.3) is 0 Å². The highest BCUT2D eigenvalue weighted by Crippen LogP contribution is 2.30. The number of fused-ring (bicyclic) bond motifs is 1. The summed E-state index contributed by atoms with van der Waals surface area (Å²) in [6.07, 6.45) is 1.10. The van der Waals surface area contributed by atoms with Crippen LogP contribution >= 0.6 is 11.6 Å². The van der Waals surface area contributed by atoms with E-state index in [0.29, 0.717) is 10.8 Å². The van der Waals surface area contributed by atoms with Gasteiger partial charge in [0.2, 0.25) is 0 Å². The van der Waals surface area contributed by atoms with Gasteiger partial charge in [-0.15, -0.1) is 0 Å². The van der Waals surface area contributed by atoms with Crippen molar-refractivity contribution in [1.29, 1.82) is 0 Å². The highest BCUT2D eigenvalue weighted by molar-refractivity contribution is 6.32. The van der Waals surface area contributed by atoms with Gasteiger partial charge in [0.1, 0.15) is 17.6 Å². The summed E-state index contributed by atoms with van der Waals surface area (Å²) < 4.78 is 11.2. The van der Waals surface area contributed by atoms with Crippen molar-refractivity contribution in [3.05, 3.63) is 52.5 Å². The molecule has 1 aliphatic heterocycles. The van der Waals surface area contributed by atoms with Crippen molar-refractivity contribution >= 4 is 17.3 Å². The molecule has 0 spiro atoms. The molecule has 4 heteroatoms. The van der Waals surface area contributed by atoms with Gasteiger partial charge >= 0.3 is 0 Å². The average molecular weight is 304 g/mol. The molecule has 1 aliphatic rings. The largest absolute Gasteiger partial charge is 0.495 e. The quantitative estimate of drug-likeness (QED) is 0.923. The summed E-state index contributed by atoms with van der Waals surface area (Å²) in [5.74, 6) is 1.68. The summed E-state index contributed by atoms with van der Waals surface area (Å²) in [6, 6.07) is 12.0. The molecule has 1 atom stereocenters. The first-order valence-corrected chi connectivity index (χ1v) is 7.37. The van der Waals surface area contributed by atoms with Crippen LogP contribution in [0.4, 0.5) is 5.69 Å². The number of ether oxygens (including phenoxy) is 2. The van der Waals surface area contributed by atoms with Gasteiger partial charge in [0.25, 0.3) is 0 Å². The molecule has 3 nitrogen and oxygen atoms in total. The predicted molar refractivity (Wildman–Crippen MR) is 85.8 cm³/mol. The normalized spacial score (nSPS) is 16.2. The highest BCUT2D eigenvalue weighted by atomic mass is 35.5. The molecule has 0 radical (unpaired) electrons. The molecule has 1 N–H and O–H groups in total. The maximum absolute atomic E-state index is 6.02. The lowest BCUT2D eigenvalue weighted by molar-refractivity contribution is 0.246. The first kappa shape index (κ1) is 14.1. The number of hydrogen-bond acceptors (Lipinski definition) is 3. The Morgan fingerprint density at radius 2 is 2.14 bits per heavy atom. The summed E-state index contributed by atoms with van der Waals surface area (Å²) in [6.45, 7) is 2.85. The molecule has 0 bridgehead atoms. The Bertz CT molecular complexity index is 657. The van der Waals surface area contributed by atoms with Crippen LogP contribution in [-0.4, -0.2) is 19.8 Å². The first-order valence-electron chi connectivity index (χ1n) is 6.99. The molecule has 0 amide bonds. The van der Waals surface area contributed by atoms with Crippen molar-refractivity contribution in [2.24, 2.45) is 0 Å². The minimum atomic E-state index is 0.156. The minimum absolute atomic E-state index is 0.156.